The smallest absolute Gasteiger partial charge is 0.330 e. The molecule has 22 nitrogen and oxygen atoms in total. The van der Waals surface area contributed by atoms with Gasteiger partial charge in [0.2, 0.25) is 23.8 Å². The molecule has 0 aliphatic carbocycles. The predicted octanol–water partition coefficient (Wildman–Crippen LogP) is -1.22. The molecular weight excluding hydrogens is 856 g/mol. The molecule has 3 fully saturated rings. The lowest BCUT2D eigenvalue weighted by Gasteiger charge is -2.45. The number of esters is 1. The van der Waals surface area contributed by atoms with E-state index in [1.165, 1.54) is 50.3 Å². The molecule has 3 saturated heterocycles. The van der Waals surface area contributed by atoms with Crippen LogP contribution in [-0.2, 0) is 28.5 Å². The lowest BCUT2D eigenvalue weighted by atomic mass is 9.97. The summed E-state index contributed by atoms with van der Waals surface area (Å²) in [6.45, 7) is 2.05. The first kappa shape index (κ1) is 46.4. The molecule has 3 aliphatic rings. The number of hydrogen-bond donors (Lipinski definition) is 12. The van der Waals surface area contributed by atoms with Crippen LogP contribution in [0.1, 0.15) is 19.4 Å². The number of aromatic hydroxyl groups is 4. The van der Waals surface area contributed by atoms with Crippen LogP contribution >= 0.6 is 0 Å². The molecule has 3 aliphatic heterocycles. The lowest BCUT2D eigenvalue weighted by molar-refractivity contribution is -0.355. The van der Waals surface area contributed by atoms with Gasteiger partial charge in [-0.15, -0.1) is 0 Å². The first-order chi connectivity index (χ1) is 30.3. The third kappa shape index (κ3) is 9.44. The van der Waals surface area contributed by atoms with E-state index in [-0.39, 0.29) is 22.6 Å². The molecule has 0 saturated carbocycles. The van der Waals surface area contributed by atoms with E-state index in [9.17, 15) is 70.9 Å². The summed E-state index contributed by atoms with van der Waals surface area (Å²) in [7, 11) is 0. The van der Waals surface area contributed by atoms with Crippen LogP contribution in [0, 0.1) is 0 Å². The maximum absolute atomic E-state index is 14.4. The third-order valence-electron chi connectivity index (χ3n) is 10.9. The number of phenols is 4. The summed E-state index contributed by atoms with van der Waals surface area (Å²) in [5.41, 5.74) is -1.08. The molecule has 7 rings (SSSR count). The molecule has 22 heteroatoms. The first-order valence-corrected chi connectivity index (χ1v) is 19.7. The van der Waals surface area contributed by atoms with Gasteiger partial charge in [0, 0.05) is 23.8 Å². The third-order valence-corrected chi connectivity index (χ3v) is 10.9. The second-order valence-electron chi connectivity index (χ2n) is 15.4. The van der Waals surface area contributed by atoms with Crippen molar-refractivity contribution in [2.75, 3.05) is 6.61 Å². The van der Waals surface area contributed by atoms with Crippen molar-refractivity contribution < 1.29 is 104 Å². The standard InChI is InChI=1S/C42H46O22/c1-15-28(48)32(52)35(55)40(58-15)60-20-12-23(46)27-24(13-20)61-37(18-6-9-21(44)22(45)11-18)38(31(27)51)63-42-39(34(54)29(49)16(2)59-42)64-41-36(56)33(53)30(50)25(62-41)14-57-26(47)10-5-17-3-7-19(43)8-4-17/h3-13,15-16,25,28-30,32-36,39-46,48-50,52-56H,14H2,1-2H3/b10-5+/t15-,16-,25+,28-,29-,30+,32+,33-,34+,35+,36+,39+,40-,41-,42-/m0/s1. The molecule has 0 radical (unpaired) electrons. The molecule has 4 aromatic rings. The largest absolute Gasteiger partial charge is 0.508 e. The molecular formula is C42H46O22. The highest BCUT2D eigenvalue weighted by atomic mass is 16.8. The van der Waals surface area contributed by atoms with Gasteiger partial charge in [-0.3, -0.25) is 4.79 Å². The van der Waals surface area contributed by atoms with Gasteiger partial charge in [0.05, 0.1) is 12.2 Å². The Morgan fingerprint density at radius 3 is 1.98 bits per heavy atom. The zero-order chi connectivity index (χ0) is 46.3. The number of ether oxygens (including phenoxy) is 7. The number of phenolic OH excluding ortho intramolecular Hbond substituents is 4. The fourth-order valence-electron chi connectivity index (χ4n) is 7.17. The van der Waals surface area contributed by atoms with Crippen LogP contribution in [0.4, 0.5) is 0 Å². The monoisotopic (exact) mass is 902 g/mol. The van der Waals surface area contributed by atoms with E-state index in [2.05, 4.69) is 0 Å². The minimum Gasteiger partial charge on any atom is -0.508 e. The number of carbonyl (C=O) groups is 1. The van der Waals surface area contributed by atoms with Gasteiger partial charge in [0.15, 0.2) is 29.7 Å². The molecule has 12 N–H and O–H groups in total. The SMILES string of the molecule is C[C@@H]1O[C@@H](Oc2cc(O)c3c(=O)c(O[C@@H]4O[C@@H](C)[C@H](O)[C@@H](O)[C@H]4O[C@@H]4O[C@H](COC(=O)/C=C/c5ccc(O)cc5)[C@@H](O)[C@H](O)[C@H]4O)c(-c4ccc(O)c(O)c4)oc3c2)[C@H](O)[C@H](O)[C@H]1O. The Bertz CT molecular complexity index is 2390. The van der Waals surface area contributed by atoms with Crippen molar-refractivity contribution in [1.82, 2.24) is 0 Å². The summed E-state index contributed by atoms with van der Waals surface area (Å²) in [6, 6.07) is 11.1. The summed E-state index contributed by atoms with van der Waals surface area (Å²) in [6.07, 6.45) is -23.2. The summed E-state index contributed by atoms with van der Waals surface area (Å²) in [5, 5.41) is 126. The van der Waals surface area contributed by atoms with Crippen LogP contribution in [-0.4, -0.2) is 166 Å². The van der Waals surface area contributed by atoms with Crippen LogP contribution in [0.25, 0.3) is 28.4 Å². The molecule has 0 unspecified atom stereocenters. The average molecular weight is 903 g/mol. The van der Waals surface area contributed by atoms with Gasteiger partial charge in [-0.05, 0) is 55.8 Å². The lowest BCUT2D eigenvalue weighted by Crippen LogP contribution is -2.64. The number of benzene rings is 3. The summed E-state index contributed by atoms with van der Waals surface area (Å²) in [4.78, 5) is 26.9. The van der Waals surface area contributed by atoms with E-state index in [0.717, 1.165) is 30.3 Å². The fourth-order valence-corrected chi connectivity index (χ4v) is 7.17. The molecule has 0 amide bonds. The number of aliphatic hydroxyl groups excluding tert-OH is 8. The number of aliphatic hydroxyl groups is 8. The molecule has 15 atom stereocenters. The minimum atomic E-state index is -2.05. The molecule has 64 heavy (non-hydrogen) atoms. The van der Waals surface area contributed by atoms with Crippen molar-refractivity contribution >= 4 is 23.0 Å². The topological polar surface area (TPSA) is 355 Å². The molecule has 346 valence electrons. The highest BCUT2D eigenvalue weighted by Crippen LogP contribution is 2.41. The second-order valence-corrected chi connectivity index (χ2v) is 15.4. The van der Waals surface area contributed by atoms with Gasteiger partial charge in [-0.25, -0.2) is 4.79 Å². The summed E-state index contributed by atoms with van der Waals surface area (Å²) in [5.74, 6) is -4.43. The van der Waals surface area contributed by atoms with Gasteiger partial charge in [-0.2, -0.15) is 0 Å². The quantitative estimate of drug-likeness (QED) is 0.0477. The maximum Gasteiger partial charge on any atom is 0.330 e. The van der Waals surface area contributed by atoms with Crippen LogP contribution in [0.2, 0.25) is 0 Å². The van der Waals surface area contributed by atoms with Crippen LogP contribution < -0.4 is 14.9 Å². The highest BCUT2D eigenvalue weighted by molar-refractivity contribution is 5.89. The number of carbonyl (C=O) groups excluding carboxylic acids is 1. The van der Waals surface area contributed by atoms with E-state index in [1.807, 2.05) is 0 Å². The Morgan fingerprint density at radius 2 is 1.30 bits per heavy atom. The van der Waals surface area contributed by atoms with Crippen LogP contribution in [0.15, 0.2) is 69.9 Å². The second kappa shape index (κ2) is 18.9. The fraction of sp³-hybridized carbons (Fsp3) is 0.429. The first-order valence-electron chi connectivity index (χ1n) is 19.7. The van der Waals surface area contributed by atoms with Crippen molar-refractivity contribution in [3.63, 3.8) is 0 Å². The van der Waals surface area contributed by atoms with Crippen molar-refractivity contribution in [3.8, 4) is 45.8 Å². The Morgan fingerprint density at radius 1 is 0.656 bits per heavy atom. The summed E-state index contributed by atoms with van der Waals surface area (Å²) < 4.78 is 45.8. The molecule has 3 aromatic carbocycles. The van der Waals surface area contributed by atoms with E-state index >= 15 is 0 Å². The number of rotatable bonds is 11. The van der Waals surface area contributed by atoms with Crippen molar-refractivity contribution in [2.24, 2.45) is 0 Å². The Hall–Kier alpha value is -5.60. The maximum atomic E-state index is 14.4. The van der Waals surface area contributed by atoms with Gasteiger partial charge < -0.3 is 98.9 Å². The van der Waals surface area contributed by atoms with E-state index in [4.69, 9.17) is 37.6 Å². The normalized spacial score (nSPS) is 33.2. The Kier molecular flexibility index (Phi) is 13.7. The van der Waals surface area contributed by atoms with Crippen molar-refractivity contribution in [2.45, 2.75) is 106 Å². The minimum absolute atomic E-state index is 0.00583. The van der Waals surface area contributed by atoms with E-state index in [0.29, 0.717) is 5.56 Å². The Balaban J connectivity index is 1.19. The van der Waals surface area contributed by atoms with Crippen molar-refractivity contribution in [3.05, 3.63) is 76.5 Å². The highest BCUT2D eigenvalue weighted by Gasteiger charge is 2.51. The van der Waals surface area contributed by atoms with Gasteiger partial charge in [0.1, 0.15) is 89.8 Å². The van der Waals surface area contributed by atoms with Crippen molar-refractivity contribution in [1.29, 1.82) is 0 Å². The van der Waals surface area contributed by atoms with E-state index in [1.54, 1.807) is 0 Å². The molecule has 4 heterocycles. The van der Waals surface area contributed by atoms with Crippen LogP contribution in [0.5, 0.6) is 34.5 Å². The summed E-state index contributed by atoms with van der Waals surface area (Å²) >= 11 is 0. The Labute approximate surface area is 361 Å². The zero-order valence-corrected chi connectivity index (χ0v) is 33.7. The number of hydrogen-bond acceptors (Lipinski definition) is 22. The zero-order valence-electron chi connectivity index (χ0n) is 33.7. The molecule has 1 aromatic heterocycles. The number of fused-ring (bicyclic) bond motifs is 1. The average Bonchev–Trinajstić information content (AvgIpc) is 3.26. The van der Waals surface area contributed by atoms with E-state index < -0.39 is 144 Å². The van der Waals surface area contributed by atoms with Gasteiger partial charge >= 0.3 is 5.97 Å². The van der Waals surface area contributed by atoms with Gasteiger partial charge in [0.25, 0.3) is 0 Å². The van der Waals surface area contributed by atoms with Gasteiger partial charge in [-0.1, -0.05) is 12.1 Å². The predicted molar refractivity (Wildman–Crippen MR) is 213 cm³/mol. The molecule has 0 spiro atoms. The van der Waals surface area contributed by atoms with Crippen LogP contribution in [0.3, 0.4) is 0 Å². The molecule has 0 bridgehead atoms.